The van der Waals surface area contributed by atoms with E-state index >= 15 is 0 Å². The molecule has 0 amide bonds. The zero-order chi connectivity index (χ0) is 26.8. The average Bonchev–Trinajstić information content (AvgIpc) is 2.53. The molecule has 0 aromatic rings. The minimum atomic E-state index is -1.11. The molecule has 0 atom stereocenters. The molecule has 0 bridgehead atoms. The van der Waals surface area contributed by atoms with Gasteiger partial charge in [0.1, 0.15) is 0 Å². The van der Waals surface area contributed by atoms with Gasteiger partial charge in [0.05, 0.1) is 0 Å². The van der Waals surface area contributed by atoms with Gasteiger partial charge in [-0.1, -0.05) is 153 Å². The fourth-order valence-corrected chi connectivity index (χ4v) is 22.1. The number of nitrogens with zero attached hydrogens (tertiary/aromatic N) is 2. The number of hydrogen-bond acceptors (Lipinski definition) is 0. The molecule has 0 aliphatic rings. The Bertz CT molecular complexity index is 331. The summed E-state index contributed by atoms with van der Waals surface area (Å²) in [6.45, 7) is 41.3. The third kappa shape index (κ3) is 55.4. The molecular formula is C24H66GeN2P2PtSi4-2. The van der Waals surface area contributed by atoms with E-state index in [1.807, 2.05) is 0 Å². The molecule has 0 saturated heterocycles. The van der Waals surface area contributed by atoms with Crippen molar-refractivity contribution in [1.82, 2.24) is 0 Å². The van der Waals surface area contributed by atoms with Crippen molar-refractivity contribution in [2.75, 3.05) is 37.0 Å². The second-order valence-electron chi connectivity index (χ2n) is 12.1. The standard InChI is InChI=1S/2C6H18NSi2.2C6H15P.Ge.Pt/c2*1-8(2,3)7-9(4,5)6;2*1-4-7(5-2)6-3;;/h2*1-6H3;2*4-6H2,1-3H3;;/q2*-1;;;;. The molecule has 0 aliphatic carbocycles. The smallest absolute Gasteiger partial charge is 0 e. The normalized spacial score (nSPS) is 11.6. The fourth-order valence-electron chi connectivity index (χ4n) is 3.35. The van der Waals surface area contributed by atoms with E-state index in [-0.39, 0.29) is 38.7 Å². The van der Waals surface area contributed by atoms with Crippen LogP contribution in [-0.2, 0) is 21.1 Å². The molecule has 214 valence electrons. The second kappa shape index (κ2) is 26.1. The van der Waals surface area contributed by atoms with Crippen LogP contribution in [0.1, 0.15) is 41.5 Å². The van der Waals surface area contributed by atoms with Crippen LogP contribution in [0.15, 0.2) is 0 Å². The molecule has 0 aliphatic heterocycles. The van der Waals surface area contributed by atoms with Crippen molar-refractivity contribution in [3.05, 3.63) is 9.30 Å². The van der Waals surface area contributed by atoms with E-state index in [4.69, 9.17) is 9.30 Å². The quantitative estimate of drug-likeness (QED) is 0.155. The minimum absolute atomic E-state index is 0. The van der Waals surface area contributed by atoms with Crippen molar-refractivity contribution in [1.29, 1.82) is 0 Å². The Morgan fingerprint density at radius 2 is 0.500 bits per heavy atom. The number of hydrogen-bond donors (Lipinski definition) is 0. The SMILES string of the molecule is CCP(CC)CC.CCP(CC)CC.C[Si](C)(C)[N-][Si](C)(C)C.C[Si](C)(C)[N-][Si](C)(C)C.[Ge].[Pt]. The van der Waals surface area contributed by atoms with Crippen molar-refractivity contribution in [2.45, 2.75) is 120 Å². The topological polar surface area (TPSA) is 28.2 Å². The summed E-state index contributed by atoms with van der Waals surface area (Å²) in [4.78, 5) is 0. The second-order valence-corrected chi connectivity index (χ2v) is 37.8. The van der Waals surface area contributed by atoms with Gasteiger partial charge in [-0.05, 0) is 37.0 Å². The van der Waals surface area contributed by atoms with Crippen molar-refractivity contribution in [3.63, 3.8) is 0 Å². The first-order chi connectivity index (χ1) is 14.1. The van der Waals surface area contributed by atoms with Crippen LogP contribution in [0, 0.1) is 0 Å². The zero-order valence-corrected chi connectivity index (χ0v) is 37.0. The van der Waals surface area contributed by atoms with E-state index in [0.717, 1.165) is 0 Å². The zero-order valence-electron chi connectivity index (χ0n) is 26.8. The number of rotatable bonds is 10. The van der Waals surface area contributed by atoms with E-state index < -0.39 is 32.9 Å². The van der Waals surface area contributed by atoms with E-state index in [9.17, 15) is 0 Å². The molecule has 0 spiro atoms. The van der Waals surface area contributed by atoms with Gasteiger partial charge in [-0.2, -0.15) is 0 Å². The summed E-state index contributed by atoms with van der Waals surface area (Å²) in [6, 6.07) is 0. The molecule has 0 unspecified atom stereocenters. The summed E-state index contributed by atoms with van der Waals surface area (Å²) < 4.78 is 9.64. The van der Waals surface area contributed by atoms with Crippen LogP contribution in [0.2, 0.25) is 78.6 Å². The molecule has 0 aromatic heterocycles. The van der Waals surface area contributed by atoms with Gasteiger partial charge < -0.3 is 9.30 Å². The van der Waals surface area contributed by atoms with Crippen molar-refractivity contribution >= 4 is 66.4 Å². The van der Waals surface area contributed by atoms with E-state index in [1.165, 1.54) is 37.0 Å². The molecule has 0 N–H and O–H groups in total. The summed E-state index contributed by atoms with van der Waals surface area (Å²) in [6.07, 6.45) is 8.51. The molecule has 0 heterocycles. The Balaban J connectivity index is -0.0000000759. The van der Waals surface area contributed by atoms with E-state index in [1.54, 1.807) is 0 Å². The molecule has 10 heteroatoms. The summed E-state index contributed by atoms with van der Waals surface area (Å²) in [5.74, 6) is 0. The van der Waals surface area contributed by atoms with Crippen molar-refractivity contribution < 1.29 is 21.1 Å². The third-order valence-corrected chi connectivity index (χ3v) is 20.1. The molecule has 4 radical (unpaired) electrons. The third-order valence-electron chi connectivity index (χ3n) is 4.02. The Morgan fingerprint density at radius 3 is 0.500 bits per heavy atom. The molecule has 2 nitrogen and oxygen atoms in total. The van der Waals surface area contributed by atoms with Gasteiger partial charge in [0.15, 0.2) is 0 Å². The van der Waals surface area contributed by atoms with Crippen LogP contribution in [0.25, 0.3) is 9.30 Å². The van der Waals surface area contributed by atoms with Gasteiger partial charge in [0, 0.05) is 38.7 Å². The maximum Gasteiger partial charge on any atom is 0 e. The molecule has 34 heavy (non-hydrogen) atoms. The Kier molecular flexibility index (Phi) is 38.2. The maximum atomic E-state index is 4.82. The van der Waals surface area contributed by atoms with Crippen LogP contribution >= 0.6 is 15.8 Å². The maximum absolute atomic E-state index is 4.82. The Hall–Kier alpha value is 2.88. The van der Waals surface area contributed by atoms with Gasteiger partial charge in [-0.3, -0.25) is 0 Å². The summed E-state index contributed by atoms with van der Waals surface area (Å²) >= 11 is 0. The predicted molar refractivity (Wildman–Crippen MR) is 183 cm³/mol. The van der Waals surface area contributed by atoms with Gasteiger partial charge in [0.25, 0.3) is 0 Å². The summed E-state index contributed by atoms with van der Waals surface area (Å²) in [5.41, 5.74) is 0. The van der Waals surface area contributed by atoms with Gasteiger partial charge in [-0.25, -0.2) is 0 Å². The molecule has 0 aromatic carbocycles. The average molecular weight is 825 g/mol. The minimum Gasteiger partial charge on any atom is -0.668 e. The Labute approximate surface area is 252 Å². The first-order valence-electron chi connectivity index (χ1n) is 13.0. The summed E-state index contributed by atoms with van der Waals surface area (Å²) in [5, 5.41) is 0. The fraction of sp³-hybridized carbons (Fsp3) is 1.00. The van der Waals surface area contributed by atoms with Gasteiger partial charge in [0.2, 0.25) is 0 Å². The molecule has 0 rings (SSSR count). The molecule has 0 fully saturated rings. The van der Waals surface area contributed by atoms with Gasteiger partial charge in [-0.15, -0.1) is 15.8 Å². The van der Waals surface area contributed by atoms with Crippen LogP contribution in [-0.4, -0.2) is 87.5 Å². The summed E-state index contributed by atoms with van der Waals surface area (Å²) in [7, 11) is -3.53. The monoisotopic (exact) mass is 825 g/mol. The van der Waals surface area contributed by atoms with Crippen molar-refractivity contribution in [2.24, 2.45) is 0 Å². The van der Waals surface area contributed by atoms with Crippen LogP contribution in [0.5, 0.6) is 0 Å². The van der Waals surface area contributed by atoms with Crippen molar-refractivity contribution in [3.8, 4) is 0 Å². The largest absolute Gasteiger partial charge is 0.668 e. The van der Waals surface area contributed by atoms with E-state index in [2.05, 4.69) is 120 Å². The van der Waals surface area contributed by atoms with Crippen LogP contribution < -0.4 is 0 Å². The first kappa shape index (κ1) is 49.8. The molecule has 0 saturated carbocycles. The predicted octanol–water partition coefficient (Wildman–Crippen LogP) is 10.7. The van der Waals surface area contributed by atoms with Crippen LogP contribution in [0.3, 0.4) is 0 Å². The Morgan fingerprint density at radius 1 is 0.382 bits per heavy atom. The molecular weight excluding hydrogens is 758 g/mol. The van der Waals surface area contributed by atoms with E-state index in [0.29, 0.717) is 15.8 Å². The first-order valence-corrected chi connectivity index (χ1v) is 30.6. The van der Waals surface area contributed by atoms with Gasteiger partial charge >= 0.3 is 0 Å². The van der Waals surface area contributed by atoms with Crippen LogP contribution in [0.4, 0.5) is 0 Å².